The molecule has 0 unspecified atom stereocenters. The van der Waals surface area contributed by atoms with Gasteiger partial charge < -0.3 is 19.9 Å². The number of hydrogen-bond acceptors (Lipinski definition) is 4. The van der Waals surface area contributed by atoms with Crippen molar-refractivity contribution in [3.63, 3.8) is 0 Å². The quantitative estimate of drug-likeness (QED) is 0.796. The third-order valence-electron chi connectivity index (χ3n) is 4.80. The monoisotopic (exact) mass is 365 g/mol. The van der Waals surface area contributed by atoms with Gasteiger partial charge in [-0.2, -0.15) is 0 Å². The number of ether oxygens (including phenoxy) is 1. The van der Waals surface area contributed by atoms with Crippen LogP contribution in [-0.4, -0.2) is 74.6 Å². The topological polar surface area (TPSA) is 61.9 Å². The number of nitrogens with zero attached hydrogens (tertiary/aromatic N) is 2. The molecule has 0 bridgehead atoms. The minimum atomic E-state index is -0.386. The Kier molecular flexibility index (Phi) is 7.11. The number of likely N-dealkylation sites (tertiary alicyclic amines) is 1. The van der Waals surface area contributed by atoms with Gasteiger partial charge >= 0.3 is 0 Å². The zero-order valence-electron chi connectivity index (χ0n) is 15.8. The lowest BCUT2D eigenvalue weighted by molar-refractivity contribution is -0.137. The van der Waals surface area contributed by atoms with Crippen molar-refractivity contribution in [3.05, 3.63) is 35.6 Å². The fourth-order valence-electron chi connectivity index (χ4n) is 3.31. The first-order chi connectivity index (χ1) is 12.3. The first kappa shape index (κ1) is 20.3. The molecule has 0 spiro atoms. The molecule has 7 heteroatoms. The molecule has 1 aliphatic rings. The fourth-order valence-corrected chi connectivity index (χ4v) is 3.31. The zero-order chi connectivity index (χ0) is 19.2. The zero-order valence-corrected chi connectivity index (χ0v) is 15.8. The van der Waals surface area contributed by atoms with Crippen LogP contribution in [0.2, 0.25) is 0 Å². The molecule has 0 aliphatic carbocycles. The maximum Gasteiger partial charge on any atom is 0.251 e. The number of methoxy groups -OCH3 is 1. The van der Waals surface area contributed by atoms with Crippen molar-refractivity contribution in [3.8, 4) is 0 Å². The van der Waals surface area contributed by atoms with Crippen molar-refractivity contribution in [1.82, 2.24) is 15.1 Å². The second kappa shape index (κ2) is 9.09. The summed E-state index contributed by atoms with van der Waals surface area (Å²) in [5.41, 5.74) is 0.183. The highest BCUT2D eigenvalue weighted by Crippen LogP contribution is 2.26. The number of amides is 2. The summed E-state index contributed by atoms with van der Waals surface area (Å²) in [6.45, 7) is 2.41. The van der Waals surface area contributed by atoms with E-state index in [-0.39, 0.29) is 36.2 Å². The standard InChI is InChI=1S/C19H28FN3O3/c1-22(2)14-19(26-3)9-12-23(13-10-19)17(24)8-11-21-18(25)15-4-6-16(20)7-5-15/h4-7H,8-14H2,1-3H3,(H,21,25). The average Bonchev–Trinajstić information content (AvgIpc) is 2.62. The highest BCUT2D eigenvalue weighted by Gasteiger charge is 2.36. The first-order valence-corrected chi connectivity index (χ1v) is 8.87. The maximum atomic E-state index is 12.9. The predicted molar refractivity (Wildman–Crippen MR) is 97.5 cm³/mol. The van der Waals surface area contributed by atoms with E-state index in [1.54, 1.807) is 7.11 Å². The molecule has 2 amide bonds. The number of piperidine rings is 1. The summed E-state index contributed by atoms with van der Waals surface area (Å²) in [4.78, 5) is 28.3. The number of carbonyl (C=O) groups is 2. The van der Waals surface area contributed by atoms with Crippen LogP contribution < -0.4 is 5.32 Å². The van der Waals surface area contributed by atoms with E-state index in [0.717, 1.165) is 19.4 Å². The average molecular weight is 365 g/mol. The molecule has 1 aromatic rings. The molecule has 1 aliphatic heterocycles. The molecule has 1 aromatic carbocycles. The summed E-state index contributed by atoms with van der Waals surface area (Å²) in [6, 6.07) is 5.32. The molecule has 1 saturated heterocycles. The van der Waals surface area contributed by atoms with Crippen molar-refractivity contribution >= 4 is 11.8 Å². The van der Waals surface area contributed by atoms with Crippen LogP contribution in [0, 0.1) is 5.82 Å². The minimum absolute atomic E-state index is 0.0268. The van der Waals surface area contributed by atoms with Gasteiger partial charge in [-0.1, -0.05) is 0 Å². The molecule has 6 nitrogen and oxygen atoms in total. The van der Waals surface area contributed by atoms with Crippen molar-refractivity contribution in [2.75, 3.05) is 47.4 Å². The first-order valence-electron chi connectivity index (χ1n) is 8.87. The lowest BCUT2D eigenvalue weighted by atomic mass is 9.90. The van der Waals surface area contributed by atoms with Crippen molar-refractivity contribution < 1.29 is 18.7 Å². The van der Waals surface area contributed by atoms with Crippen molar-refractivity contribution in [2.24, 2.45) is 0 Å². The number of carbonyl (C=O) groups excluding carboxylic acids is 2. The number of rotatable bonds is 7. The van der Waals surface area contributed by atoms with Crippen LogP contribution in [0.4, 0.5) is 4.39 Å². The second-order valence-corrected chi connectivity index (χ2v) is 7.02. The van der Waals surface area contributed by atoms with Gasteiger partial charge in [-0.3, -0.25) is 9.59 Å². The van der Waals surface area contributed by atoms with Gasteiger partial charge in [0.2, 0.25) is 5.91 Å². The van der Waals surface area contributed by atoms with E-state index >= 15 is 0 Å². The number of benzene rings is 1. The second-order valence-electron chi connectivity index (χ2n) is 7.02. The number of halogens is 1. The molecule has 0 atom stereocenters. The molecule has 1 fully saturated rings. The highest BCUT2D eigenvalue weighted by molar-refractivity contribution is 5.94. The Morgan fingerprint density at radius 2 is 1.85 bits per heavy atom. The SMILES string of the molecule is COC1(CN(C)C)CCN(C(=O)CCNC(=O)c2ccc(F)cc2)CC1. The van der Waals surface area contributed by atoms with Gasteiger partial charge in [0, 0.05) is 45.3 Å². The van der Waals surface area contributed by atoms with Gasteiger partial charge in [-0.05, 0) is 51.2 Å². The van der Waals surface area contributed by atoms with Crippen molar-refractivity contribution in [1.29, 1.82) is 0 Å². The third kappa shape index (κ3) is 5.51. The van der Waals surface area contributed by atoms with E-state index in [9.17, 15) is 14.0 Å². The van der Waals surface area contributed by atoms with E-state index in [4.69, 9.17) is 4.74 Å². The highest BCUT2D eigenvalue weighted by atomic mass is 19.1. The molecule has 2 rings (SSSR count). The number of nitrogens with one attached hydrogen (secondary N) is 1. The van der Waals surface area contributed by atoms with Gasteiger partial charge in [0.25, 0.3) is 5.91 Å². The lowest BCUT2D eigenvalue weighted by Crippen LogP contribution is -2.52. The molecule has 0 radical (unpaired) electrons. The van der Waals surface area contributed by atoms with Crippen LogP contribution in [0.25, 0.3) is 0 Å². The van der Waals surface area contributed by atoms with Gasteiger partial charge in [0.15, 0.2) is 0 Å². The van der Waals surface area contributed by atoms with Crippen LogP contribution >= 0.6 is 0 Å². The summed E-state index contributed by atoms with van der Waals surface area (Å²) in [7, 11) is 5.76. The fraction of sp³-hybridized carbons (Fsp3) is 0.579. The van der Waals surface area contributed by atoms with E-state index in [0.29, 0.717) is 18.7 Å². The van der Waals surface area contributed by atoms with E-state index in [1.807, 2.05) is 19.0 Å². The van der Waals surface area contributed by atoms with Crippen LogP contribution in [0.1, 0.15) is 29.6 Å². The van der Waals surface area contributed by atoms with Crippen molar-refractivity contribution in [2.45, 2.75) is 24.9 Å². The summed E-state index contributed by atoms with van der Waals surface area (Å²) < 4.78 is 18.6. The Bertz CT molecular complexity index is 611. The molecule has 0 aromatic heterocycles. The molecule has 0 saturated carbocycles. The van der Waals surface area contributed by atoms with Crippen LogP contribution in [0.3, 0.4) is 0 Å². The Morgan fingerprint density at radius 3 is 2.38 bits per heavy atom. The Hall–Kier alpha value is -1.99. The molecular formula is C19H28FN3O3. The molecule has 1 N–H and O–H groups in total. The van der Waals surface area contributed by atoms with Gasteiger partial charge in [-0.15, -0.1) is 0 Å². The number of likely N-dealkylation sites (N-methyl/N-ethyl adjacent to an activating group) is 1. The van der Waals surface area contributed by atoms with E-state index in [2.05, 4.69) is 10.2 Å². The predicted octanol–water partition coefficient (Wildman–Crippen LogP) is 1.51. The van der Waals surface area contributed by atoms with Gasteiger partial charge in [0.05, 0.1) is 5.60 Å². The Morgan fingerprint density at radius 1 is 1.23 bits per heavy atom. The summed E-state index contributed by atoms with van der Waals surface area (Å²) in [6.07, 6.45) is 1.85. The summed E-state index contributed by atoms with van der Waals surface area (Å²) in [5, 5.41) is 2.70. The van der Waals surface area contributed by atoms with Gasteiger partial charge in [-0.25, -0.2) is 4.39 Å². The van der Waals surface area contributed by atoms with Gasteiger partial charge in [0.1, 0.15) is 5.82 Å². The number of hydrogen-bond donors (Lipinski definition) is 1. The summed E-state index contributed by atoms with van der Waals surface area (Å²) in [5.74, 6) is -0.664. The molecule has 26 heavy (non-hydrogen) atoms. The Balaban J connectivity index is 1.75. The smallest absolute Gasteiger partial charge is 0.251 e. The molecule has 144 valence electrons. The van der Waals surface area contributed by atoms with Crippen LogP contribution in [0.5, 0.6) is 0 Å². The van der Waals surface area contributed by atoms with E-state index in [1.165, 1.54) is 24.3 Å². The Labute approximate surface area is 154 Å². The minimum Gasteiger partial charge on any atom is -0.377 e. The molecule has 1 heterocycles. The third-order valence-corrected chi connectivity index (χ3v) is 4.80. The normalized spacial score (nSPS) is 16.6. The maximum absolute atomic E-state index is 12.9. The molecular weight excluding hydrogens is 337 g/mol. The summed E-state index contributed by atoms with van der Waals surface area (Å²) >= 11 is 0. The largest absolute Gasteiger partial charge is 0.377 e. The van der Waals surface area contributed by atoms with E-state index < -0.39 is 0 Å². The lowest BCUT2D eigenvalue weighted by Gasteiger charge is -2.42. The van der Waals surface area contributed by atoms with Crippen LogP contribution in [0.15, 0.2) is 24.3 Å². The van der Waals surface area contributed by atoms with Crippen LogP contribution in [-0.2, 0) is 9.53 Å².